The summed E-state index contributed by atoms with van der Waals surface area (Å²) in [7, 11) is 0. The van der Waals surface area contributed by atoms with Crippen LogP contribution in [0.2, 0.25) is 0 Å². The Bertz CT molecular complexity index is 1190. The number of allylic oxidation sites excluding steroid dienone is 1. The van der Waals surface area contributed by atoms with Gasteiger partial charge in [-0.15, -0.1) is 0 Å². The molecule has 0 aromatic heterocycles. The molecule has 1 heterocycles. The second-order valence-electron chi connectivity index (χ2n) is 15.0. The number of carbonyl (C=O) groups is 4. The molecule has 1 unspecified atom stereocenters. The van der Waals surface area contributed by atoms with Gasteiger partial charge in [-0.2, -0.15) is 0 Å². The van der Waals surface area contributed by atoms with Crippen molar-refractivity contribution < 1.29 is 78.2 Å². The molecule has 10 atom stereocenters. The number of ether oxygens (including phenoxy) is 6. The predicted octanol–water partition coefficient (Wildman–Crippen LogP) is 4.72. The molecular formula is C41H72O16. The van der Waals surface area contributed by atoms with Gasteiger partial charge in [0.2, 0.25) is 6.29 Å². The first-order valence-electron chi connectivity index (χ1n) is 20.9. The Labute approximate surface area is 338 Å². The molecule has 0 aliphatic carbocycles. The summed E-state index contributed by atoms with van der Waals surface area (Å²) in [6.07, 6.45) is -9.41. The Balaban J connectivity index is 3.69. The van der Waals surface area contributed by atoms with Crippen LogP contribution in [-0.4, -0.2) is 123 Å². The summed E-state index contributed by atoms with van der Waals surface area (Å²) in [5.74, 6) is -3.44. The van der Waals surface area contributed by atoms with E-state index in [1.54, 1.807) is 0 Å². The summed E-state index contributed by atoms with van der Waals surface area (Å²) in [6, 6.07) is 0. The molecule has 1 saturated heterocycles. The van der Waals surface area contributed by atoms with Crippen LogP contribution in [0.4, 0.5) is 0 Å². The van der Waals surface area contributed by atoms with Crippen LogP contribution in [0.1, 0.15) is 157 Å². The van der Waals surface area contributed by atoms with Crippen molar-refractivity contribution in [1.82, 2.24) is 0 Å². The smallest absolute Gasteiger partial charge is 0.306 e. The van der Waals surface area contributed by atoms with E-state index >= 15 is 0 Å². The van der Waals surface area contributed by atoms with E-state index in [1.165, 1.54) is 13.8 Å². The molecule has 0 amide bonds. The van der Waals surface area contributed by atoms with E-state index in [2.05, 4.69) is 6.92 Å². The van der Waals surface area contributed by atoms with Crippen molar-refractivity contribution >= 4 is 23.9 Å². The van der Waals surface area contributed by atoms with Crippen LogP contribution in [0.5, 0.6) is 0 Å². The van der Waals surface area contributed by atoms with Gasteiger partial charge < -0.3 is 59.1 Å². The first-order chi connectivity index (χ1) is 27.1. The van der Waals surface area contributed by atoms with Crippen molar-refractivity contribution in [1.29, 1.82) is 0 Å². The number of hydrogen-bond acceptors (Lipinski definition) is 16. The number of rotatable bonds is 30. The van der Waals surface area contributed by atoms with Gasteiger partial charge in [0.05, 0.1) is 0 Å². The highest BCUT2D eigenvalue weighted by Crippen LogP contribution is 2.32. The third-order valence-corrected chi connectivity index (χ3v) is 9.62. The molecule has 332 valence electrons. The predicted molar refractivity (Wildman–Crippen MR) is 207 cm³/mol. The molecule has 0 radical (unpaired) electrons. The minimum absolute atomic E-state index is 0.00749. The maximum atomic E-state index is 13.4. The molecule has 6 N–H and O–H groups in total. The van der Waals surface area contributed by atoms with E-state index in [0.717, 1.165) is 57.8 Å². The van der Waals surface area contributed by atoms with E-state index < -0.39 is 97.7 Å². The molecule has 0 spiro atoms. The van der Waals surface area contributed by atoms with Gasteiger partial charge in [0.25, 0.3) is 0 Å². The van der Waals surface area contributed by atoms with E-state index in [4.69, 9.17) is 28.4 Å². The summed E-state index contributed by atoms with van der Waals surface area (Å²) in [5, 5.41) is 63.6. The summed E-state index contributed by atoms with van der Waals surface area (Å²) in [5.41, 5.74) is 0.207. The quantitative estimate of drug-likeness (QED) is 0.0189. The minimum atomic E-state index is -2.43. The Hall–Kier alpha value is -2.86. The lowest BCUT2D eigenvalue weighted by Gasteiger charge is -2.45. The second-order valence-corrected chi connectivity index (χ2v) is 15.0. The fraction of sp³-hybridized carbons (Fsp3) is 0.854. The SMILES string of the molecule is CCCCCCCC(=O)O[C@@H]1[C@H](OC(O)[C@@H](O)[C@@H](O)[C@H](O)[C@H](O)C(O)=C(C)C)O[C@H](COC(=O)CCCCC)[C@@H](OC(=O)CCCCC)[C@@H]1OC(=O)CCCCC. The molecule has 1 aliphatic heterocycles. The van der Waals surface area contributed by atoms with Gasteiger partial charge in [-0.25, -0.2) is 0 Å². The van der Waals surface area contributed by atoms with E-state index in [9.17, 15) is 49.8 Å². The Kier molecular flexibility index (Phi) is 26.9. The first-order valence-corrected chi connectivity index (χ1v) is 20.9. The number of aliphatic hydroxyl groups is 6. The summed E-state index contributed by atoms with van der Waals surface area (Å²) >= 11 is 0. The van der Waals surface area contributed by atoms with E-state index in [0.29, 0.717) is 32.1 Å². The molecule has 57 heavy (non-hydrogen) atoms. The lowest BCUT2D eigenvalue weighted by atomic mass is 9.97. The number of aliphatic hydroxyl groups excluding tert-OH is 6. The highest BCUT2D eigenvalue weighted by Gasteiger charge is 2.54. The van der Waals surface area contributed by atoms with Crippen LogP contribution in [0, 0.1) is 0 Å². The third-order valence-electron chi connectivity index (χ3n) is 9.62. The normalized spacial score (nSPS) is 22.1. The Morgan fingerprint density at radius 2 is 0.965 bits per heavy atom. The molecule has 0 aromatic rings. The Morgan fingerprint density at radius 1 is 0.544 bits per heavy atom. The van der Waals surface area contributed by atoms with Gasteiger partial charge in [-0.3, -0.25) is 19.2 Å². The molecule has 1 rings (SSSR count). The van der Waals surface area contributed by atoms with Crippen molar-refractivity contribution in [3.05, 3.63) is 11.3 Å². The van der Waals surface area contributed by atoms with E-state index in [1.807, 2.05) is 20.8 Å². The third kappa shape index (κ3) is 19.6. The molecular weight excluding hydrogens is 748 g/mol. The molecule has 16 heteroatoms. The lowest BCUT2D eigenvalue weighted by molar-refractivity contribution is -0.349. The van der Waals surface area contributed by atoms with Crippen molar-refractivity contribution in [2.75, 3.05) is 6.61 Å². The maximum absolute atomic E-state index is 13.4. The van der Waals surface area contributed by atoms with Gasteiger partial charge in [-0.05, 0) is 45.1 Å². The monoisotopic (exact) mass is 820 g/mol. The molecule has 0 saturated carbocycles. The zero-order chi connectivity index (χ0) is 42.9. The zero-order valence-electron chi connectivity index (χ0n) is 35.0. The van der Waals surface area contributed by atoms with Gasteiger partial charge >= 0.3 is 23.9 Å². The molecule has 16 nitrogen and oxygen atoms in total. The van der Waals surface area contributed by atoms with Gasteiger partial charge in [-0.1, -0.05) is 91.9 Å². The lowest BCUT2D eigenvalue weighted by Crippen LogP contribution is -2.64. The highest BCUT2D eigenvalue weighted by atomic mass is 16.8. The standard InChI is InChI=1S/C41H72O16/c1-7-11-15-16-20-24-31(45)56-39-38(55-30(44)23-19-14-10-4)37(54-29(43)22-18-13-9-3)27(25-52-28(42)21-17-12-8-2)53-41(39)57-40(51)36(50)35(49)34(48)33(47)32(46)26(5)6/h27,33-41,46-51H,7-25H2,1-6H3/t27-,33-,34-,35+,36+,37-,38+,39+,40?,41+/m1/s1. The van der Waals surface area contributed by atoms with Crippen molar-refractivity contribution in [2.24, 2.45) is 0 Å². The van der Waals surface area contributed by atoms with Crippen molar-refractivity contribution in [3.8, 4) is 0 Å². The minimum Gasteiger partial charge on any atom is -0.510 e. The Morgan fingerprint density at radius 3 is 1.46 bits per heavy atom. The number of carbonyl (C=O) groups excluding carboxylic acids is 4. The molecule has 1 fully saturated rings. The number of esters is 4. The van der Waals surface area contributed by atoms with Crippen LogP contribution in [0.15, 0.2) is 11.3 Å². The fourth-order valence-electron chi connectivity index (χ4n) is 6.07. The maximum Gasteiger partial charge on any atom is 0.306 e. The van der Waals surface area contributed by atoms with Gasteiger partial charge in [0.1, 0.15) is 42.9 Å². The molecule has 0 aromatic carbocycles. The molecule has 0 bridgehead atoms. The highest BCUT2D eigenvalue weighted by molar-refractivity contribution is 5.72. The summed E-state index contributed by atoms with van der Waals surface area (Å²) < 4.78 is 34.9. The summed E-state index contributed by atoms with van der Waals surface area (Å²) in [4.78, 5) is 52.7. The van der Waals surface area contributed by atoms with Crippen LogP contribution < -0.4 is 0 Å². The first kappa shape index (κ1) is 52.2. The summed E-state index contributed by atoms with van der Waals surface area (Å²) in [6.45, 7) is 10.2. The fourth-order valence-corrected chi connectivity index (χ4v) is 6.07. The van der Waals surface area contributed by atoms with Crippen molar-refractivity contribution in [3.63, 3.8) is 0 Å². The number of hydrogen-bond donors (Lipinski definition) is 6. The van der Waals surface area contributed by atoms with Gasteiger partial charge in [0, 0.05) is 25.7 Å². The van der Waals surface area contributed by atoms with Crippen LogP contribution >= 0.6 is 0 Å². The van der Waals surface area contributed by atoms with Crippen LogP contribution in [-0.2, 0) is 47.6 Å². The second kappa shape index (κ2) is 29.4. The van der Waals surface area contributed by atoms with E-state index in [-0.39, 0.29) is 31.3 Å². The number of unbranched alkanes of at least 4 members (excludes halogenated alkanes) is 10. The molecule has 1 aliphatic rings. The zero-order valence-corrected chi connectivity index (χ0v) is 35.0. The topological polar surface area (TPSA) is 245 Å². The van der Waals surface area contributed by atoms with Gasteiger partial charge in [0.15, 0.2) is 24.6 Å². The largest absolute Gasteiger partial charge is 0.510 e. The van der Waals surface area contributed by atoms with Crippen molar-refractivity contribution in [2.45, 2.75) is 219 Å². The average molecular weight is 821 g/mol. The van der Waals surface area contributed by atoms with Crippen LogP contribution in [0.3, 0.4) is 0 Å². The van der Waals surface area contributed by atoms with Crippen LogP contribution in [0.25, 0.3) is 0 Å². The average Bonchev–Trinajstić information content (AvgIpc) is 3.17.